The molecule has 13 heavy (non-hydrogen) atoms. The zero-order valence-electron chi connectivity index (χ0n) is 7.40. The quantitative estimate of drug-likeness (QED) is 0.595. The van der Waals surface area contributed by atoms with Gasteiger partial charge < -0.3 is 15.2 Å². The Morgan fingerprint density at radius 2 is 2.38 bits per heavy atom. The van der Waals surface area contributed by atoms with E-state index in [9.17, 15) is 9.59 Å². The minimum atomic E-state index is -1.05. The first kappa shape index (κ1) is 9.98. The molecule has 1 fully saturated rings. The number of amides is 1. The van der Waals surface area contributed by atoms with E-state index in [4.69, 9.17) is 9.84 Å². The molecule has 3 atom stereocenters. The van der Waals surface area contributed by atoms with E-state index in [0.29, 0.717) is 12.8 Å². The minimum absolute atomic E-state index is 0.0836. The molecule has 1 heterocycles. The van der Waals surface area contributed by atoms with Gasteiger partial charge in [0.2, 0.25) is 6.41 Å². The minimum Gasteiger partial charge on any atom is -0.480 e. The predicted octanol–water partition coefficient (Wildman–Crippen LogP) is -0.247. The number of aliphatic carboxylic acids is 1. The van der Waals surface area contributed by atoms with Crippen LogP contribution in [0.4, 0.5) is 0 Å². The number of nitrogens with one attached hydrogen (secondary N) is 1. The highest BCUT2D eigenvalue weighted by Gasteiger charge is 2.33. The summed E-state index contributed by atoms with van der Waals surface area (Å²) in [6.07, 6.45) is 1.61. The molecule has 0 aromatic heterocycles. The third-order valence-electron chi connectivity index (χ3n) is 2.15. The van der Waals surface area contributed by atoms with Crippen LogP contribution in [0.1, 0.15) is 19.8 Å². The molecule has 0 spiro atoms. The number of carboxylic acid groups (broad SMARTS) is 1. The number of ether oxygens (including phenoxy) is 1. The zero-order chi connectivity index (χ0) is 9.84. The summed E-state index contributed by atoms with van der Waals surface area (Å²) in [5.74, 6) is -1.05. The first-order valence-electron chi connectivity index (χ1n) is 4.23. The van der Waals surface area contributed by atoms with Gasteiger partial charge in [0.15, 0.2) is 6.04 Å². The fourth-order valence-corrected chi connectivity index (χ4v) is 1.49. The van der Waals surface area contributed by atoms with Crippen molar-refractivity contribution < 1.29 is 19.4 Å². The molecular formula is C8H13NO4. The lowest BCUT2D eigenvalue weighted by atomic mass is 10.1. The Morgan fingerprint density at radius 3 is 2.77 bits per heavy atom. The van der Waals surface area contributed by atoms with Crippen LogP contribution in [0, 0.1) is 0 Å². The molecule has 1 aliphatic rings. The maximum atomic E-state index is 10.7. The van der Waals surface area contributed by atoms with Crippen LogP contribution in [0.25, 0.3) is 0 Å². The highest BCUT2D eigenvalue weighted by molar-refractivity contribution is 5.77. The summed E-state index contributed by atoms with van der Waals surface area (Å²) in [5.41, 5.74) is 0. The maximum Gasteiger partial charge on any atom is 0.328 e. The van der Waals surface area contributed by atoms with Gasteiger partial charge in [-0.1, -0.05) is 0 Å². The highest BCUT2D eigenvalue weighted by Crippen LogP contribution is 2.21. The van der Waals surface area contributed by atoms with Crippen LogP contribution in [0.5, 0.6) is 0 Å². The van der Waals surface area contributed by atoms with Gasteiger partial charge in [0, 0.05) is 0 Å². The summed E-state index contributed by atoms with van der Waals surface area (Å²) in [6.45, 7) is 1.89. The molecule has 3 unspecified atom stereocenters. The third-order valence-corrected chi connectivity index (χ3v) is 2.15. The first-order chi connectivity index (χ1) is 6.15. The number of carbonyl (C=O) groups excluding carboxylic acids is 1. The lowest BCUT2D eigenvalue weighted by Gasteiger charge is -2.18. The SMILES string of the molecule is CC1CCC(C(NC=O)C(=O)O)O1. The summed E-state index contributed by atoms with van der Waals surface area (Å²) < 4.78 is 5.34. The molecule has 2 N–H and O–H groups in total. The molecule has 1 aliphatic heterocycles. The predicted molar refractivity (Wildman–Crippen MR) is 44.2 cm³/mol. The average Bonchev–Trinajstić information content (AvgIpc) is 2.46. The molecule has 0 aliphatic carbocycles. The molecule has 1 rings (SSSR count). The molecule has 0 aromatic carbocycles. The van der Waals surface area contributed by atoms with Crippen LogP contribution in [0.2, 0.25) is 0 Å². The number of carbonyl (C=O) groups is 2. The molecule has 5 heteroatoms. The van der Waals surface area contributed by atoms with Gasteiger partial charge in [-0.05, 0) is 19.8 Å². The fraction of sp³-hybridized carbons (Fsp3) is 0.750. The van der Waals surface area contributed by atoms with Crippen LogP contribution in [0.15, 0.2) is 0 Å². The van der Waals surface area contributed by atoms with E-state index in [0.717, 1.165) is 6.42 Å². The Morgan fingerprint density at radius 1 is 1.69 bits per heavy atom. The Kier molecular flexibility index (Phi) is 3.25. The molecule has 74 valence electrons. The first-order valence-corrected chi connectivity index (χ1v) is 4.23. The van der Waals surface area contributed by atoms with Crippen molar-refractivity contribution >= 4 is 12.4 Å². The highest BCUT2D eigenvalue weighted by atomic mass is 16.5. The van der Waals surface area contributed by atoms with Crippen LogP contribution in [0.3, 0.4) is 0 Å². The van der Waals surface area contributed by atoms with Crippen LogP contribution in [-0.4, -0.2) is 35.7 Å². The van der Waals surface area contributed by atoms with Gasteiger partial charge in [0.1, 0.15) is 0 Å². The van der Waals surface area contributed by atoms with Crippen molar-refractivity contribution in [3.8, 4) is 0 Å². The van der Waals surface area contributed by atoms with Crippen LogP contribution in [-0.2, 0) is 14.3 Å². The van der Waals surface area contributed by atoms with E-state index in [1.54, 1.807) is 0 Å². The molecule has 5 nitrogen and oxygen atoms in total. The van der Waals surface area contributed by atoms with Gasteiger partial charge in [-0.25, -0.2) is 4.79 Å². The summed E-state index contributed by atoms with van der Waals surface area (Å²) in [6, 6.07) is -0.914. The fourth-order valence-electron chi connectivity index (χ4n) is 1.49. The monoisotopic (exact) mass is 187 g/mol. The van der Waals surface area contributed by atoms with Gasteiger partial charge >= 0.3 is 5.97 Å². The smallest absolute Gasteiger partial charge is 0.328 e. The topological polar surface area (TPSA) is 75.6 Å². The third kappa shape index (κ3) is 2.42. The number of carboxylic acids is 1. The molecular weight excluding hydrogens is 174 g/mol. The lowest BCUT2D eigenvalue weighted by Crippen LogP contribution is -2.45. The van der Waals surface area contributed by atoms with Crippen molar-refractivity contribution in [1.29, 1.82) is 0 Å². The zero-order valence-corrected chi connectivity index (χ0v) is 7.40. The molecule has 0 radical (unpaired) electrons. The molecule has 1 amide bonds. The van der Waals surface area contributed by atoms with Crippen molar-refractivity contribution in [3.63, 3.8) is 0 Å². The molecule has 0 bridgehead atoms. The Balaban J connectivity index is 2.54. The maximum absolute atomic E-state index is 10.7. The number of hydrogen-bond acceptors (Lipinski definition) is 3. The van der Waals surface area contributed by atoms with E-state index in [-0.39, 0.29) is 6.10 Å². The lowest BCUT2D eigenvalue weighted by molar-refractivity contribution is -0.144. The normalized spacial score (nSPS) is 29.6. The largest absolute Gasteiger partial charge is 0.480 e. The summed E-state index contributed by atoms with van der Waals surface area (Å²) >= 11 is 0. The van der Waals surface area contributed by atoms with Crippen molar-refractivity contribution in [2.24, 2.45) is 0 Å². The van der Waals surface area contributed by atoms with Gasteiger partial charge in [-0.3, -0.25) is 4.79 Å². The summed E-state index contributed by atoms with van der Waals surface area (Å²) in [4.78, 5) is 20.8. The molecule has 1 saturated heterocycles. The van der Waals surface area contributed by atoms with E-state index in [1.807, 2.05) is 6.92 Å². The van der Waals surface area contributed by atoms with Crippen molar-refractivity contribution in [3.05, 3.63) is 0 Å². The van der Waals surface area contributed by atoms with Gasteiger partial charge in [0.05, 0.1) is 12.2 Å². The standard InChI is InChI=1S/C8H13NO4/c1-5-2-3-6(13-5)7(8(11)12)9-4-10/h4-7H,2-3H2,1H3,(H,9,10)(H,11,12). The van der Waals surface area contributed by atoms with Crippen LogP contribution >= 0.6 is 0 Å². The van der Waals surface area contributed by atoms with Crippen molar-refractivity contribution in [2.75, 3.05) is 0 Å². The Hall–Kier alpha value is -1.10. The molecule has 0 aromatic rings. The summed E-state index contributed by atoms with van der Waals surface area (Å²) in [7, 11) is 0. The second kappa shape index (κ2) is 4.23. The van der Waals surface area contributed by atoms with E-state index in [1.165, 1.54) is 0 Å². The van der Waals surface area contributed by atoms with E-state index < -0.39 is 18.1 Å². The average molecular weight is 187 g/mol. The second-order valence-electron chi connectivity index (χ2n) is 3.16. The van der Waals surface area contributed by atoms with Crippen molar-refractivity contribution in [1.82, 2.24) is 5.32 Å². The number of hydrogen-bond donors (Lipinski definition) is 2. The summed E-state index contributed by atoms with van der Waals surface area (Å²) in [5, 5.41) is 11.0. The van der Waals surface area contributed by atoms with Gasteiger partial charge in [-0.15, -0.1) is 0 Å². The Labute approximate surface area is 76.1 Å². The van der Waals surface area contributed by atoms with Gasteiger partial charge in [0.25, 0.3) is 0 Å². The van der Waals surface area contributed by atoms with Crippen molar-refractivity contribution in [2.45, 2.75) is 38.0 Å². The molecule has 0 saturated carbocycles. The van der Waals surface area contributed by atoms with Crippen LogP contribution < -0.4 is 5.32 Å². The van der Waals surface area contributed by atoms with E-state index >= 15 is 0 Å². The van der Waals surface area contributed by atoms with Gasteiger partial charge in [-0.2, -0.15) is 0 Å². The number of rotatable bonds is 4. The Bertz CT molecular complexity index is 206. The van der Waals surface area contributed by atoms with E-state index in [2.05, 4.69) is 5.32 Å². The second-order valence-corrected chi connectivity index (χ2v) is 3.16.